The summed E-state index contributed by atoms with van der Waals surface area (Å²) in [5.41, 5.74) is 13.8. The van der Waals surface area contributed by atoms with Crippen LogP contribution in [-0.2, 0) is 0 Å². The molecule has 12 nitrogen and oxygen atoms in total. The minimum atomic E-state index is 0.338. The van der Waals surface area contributed by atoms with Crippen LogP contribution in [0.25, 0.3) is 111 Å². The molecule has 0 aliphatic heterocycles. The van der Waals surface area contributed by atoms with Gasteiger partial charge in [-0.3, -0.25) is 4.57 Å². The largest absolute Gasteiger partial charge is 0.307 e. The summed E-state index contributed by atoms with van der Waals surface area (Å²) in [6.07, 6.45) is 1.79. The number of hydrogen-bond acceptors (Lipinski definition) is 10. The molecule has 0 amide bonds. The SMILES string of the molecule is N#Cc1cc(C#N)cc(-c2ccc3c(c2)c2cc(-c4cc(C#N)cc(C#N)c4)ccc2n3-c2cc(-c3ccccc3C#N)c(-n3c4ccc(-c5cc(C#N)cc(C#N)c5)cc4c4cc(-c5cc(C#N)cc(C#N)c5)ccc43)cn2)c1. The van der Waals surface area contributed by atoms with Crippen LogP contribution in [0.15, 0.2) is 182 Å². The molecule has 3 aromatic heterocycles. The molecular weight excluding hydrogens is 985 g/mol. The lowest BCUT2D eigenvalue weighted by atomic mass is 9.97. The van der Waals surface area contributed by atoms with Gasteiger partial charge in [0.15, 0.2) is 0 Å². The Bertz CT molecular complexity index is 4750. The van der Waals surface area contributed by atoms with Crippen molar-refractivity contribution in [2.75, 3.05) is 0 Å². The van der Waals surface area contributed by atoms with Crippen molar-refractivity contribution >= 4 is 43.6 Å². The van der Waals surface area contributed by atoms with E-state index in [1.54, 1.807) is 85.1 Å². The fourth-order valence-electron chi connectivity index (χ4n) is 10.7. The van der Waals surface area contributed by atoms with Crippen LogP contribution in [0, 0.1) is 102 Å². The summed E-state index contributed by atoms with van der Waals surface area (Å²) in [5.74, 6) is 0.509. The van der Waals surface area contributed by atoms with Crippen molar-refractivity contribution in [1.82, 2.24) is 14.1 Å². The molecule has 12 aromatic rings. The third kappa shape index (κ3) is 8.17. The second-order valence-corrected chi connectivity index (χ2v) is 18.9. The van der Waals surface area contributed by atoms with Crippen LogP contribution in [0.1, 0.15) is 50.1 Å². The molecule has 80 heavy (non-hydrogen) atoms. The second kappa shape index (κ2) is 19.4. The maximum atomic E-state index is 10.8. The van der Waals surface area contributed by atoms with Crippen molar-refractivity contribution in [3.8, 4) is 122 Å². The van der Waals surface area contributed by atoms with Gasteiger partial charge in [-0.2, -0.15) is 47.4 Å². The zero-order chi connectivity index (χ0) is 55.2. The van der Waals surface area contributed by atoms with E-state index in [1.165, 1.54) is 0 Å². The predicted octanol–water partition coefficient (Wildman–Crippen LogP) is 14.5. The molecule has 12 rings (SSSR count). The number of benzene rings is 9. The number of fused-ring (bicyclic) bond motifs is 6. The Hall–Kier alpha value is -12.9. The number of hydrogen-bond donors (Lipinski definition) is 0. The van der Waals surface area contributed by atoms with E-state index >= 15 is 0 Å². The van der Waals surface area contributed by atoms with E-state index in [4.69, 9.17) is 4.98 Å². The Balaban J connectivity index is 1.14. The van der Waals surface area contributed by atoms with Crippen molar-refractivity contribution < 1.29 is 0 Å². The third-order valence-electron chi connectivity index (χ3n) is 14.3. The van der Waals surface area contributed by atoms with E-state index in [0.717, 1.165) is 65.9 Å². The highest BCUT2D eigenvalue weighted by molar-refractivity contribution is 6.13. The van der Waals surface area contributed by atoms with Gasteiger partial charge in [0.2, 0.25) is 0 Å². The first-order chi connectivity index (χ1) is 39.2. The van der Waals surface area contributed by atoms with Crippen LogP contribution < -0.4 is 0 Å². The molecule has 0 saturated heterocycles. The van der Waals surface area contributed by atoms with Crippen molar-refractivity contribution in [1.29, 1.82) is 47.4 Å². The summed E-state index contributed by atoms with van der Waals surface area (Å²) in [6.45, 7) is 0. The third-order valence-corrected chi connectivity index (χ3v) is 14.3. The molecule has 362 valence electrons. The molecule has 0 N–H and O–H groups in total. The van der Waals surface area contributed by atoms with Gasteiger partial charge in [-0.25, -0.2) is 4.98 Å². The highest BCUT2D eigenvalue weighted by Gasteiger charge is 2.23. The van der Waals surface area contributed by atoms with Gasteiger partial charge in [-0.05, 0) is 178 Å². The summed E-state index contributed by atoms with van der Waals surface area (Å²) in [7, 11) is 0. The Labute approximate surface area is 456 Å². The average Bonchev–Trinajstić information content (AvgIpc) is 4.22. The van der Waals surface area contributed by atoms with Gasteiger partial charge in [-0.15, -0.1) is 0 Å². The Morgan fingerprint density at radius 3 is 0.900 bits per heavy atom. The van der Waals surface area contributed by atoms with Gasteiger partial charge < -0.3 is 4.57 Å². The van der Waals surface area contributed by atoms with E-state index in [-0.39, 0.29) is 0 Å². The minimum absolute atomic E-state index is 0.338. The van der Waals surface area contributed by atoms with E-state index in [1.807, 2.05) is 102 Å². The molecule has 0 spiro atoms. The van der Waals surface area contributed by atoms with E-state index in [9.17, 15) is 47.4 Å². The van der Waals surface area contributed by atoms with Crippen LogP contribution in [0.4, 0.5) is 0 Å². The van der Waals surface area contributed by atoms with Gasteiger partial charge in [-0.1, -0.05) is 42.5 Å². The first kappa shape index (κ1) is 48.1. The maximum absolute atomic E-state index is 10.8. The number of nitriles is 9. The van der Waals surface area contributed by atoms with Crippen molar-refractivity contribution in [2.45, 2.75) is 0 Å². The summed E-state index contributed by atoms with van der Waals surface area (Å²) >= 11 is 0. The number of rotatable bonds is 7. The summed E-state index contributed by atoms with van der Waals surface area (Å²) in [5, 5.41) is 93.4. The number of pyridine rings is 1. The lowest BCUT2D eigenvalue weighted by Gasteiger charge is -2.17. The van der Waals surface area contributed by atoms with Crippen molar-refractivity contribution in [3.05, 3.63) is 232 Å². The maximum Gasteiger partial charge on any atom is 0.138 e. The van der Waals surface area contributed by atoms with Gasteiger partial charge in [0, 0.05) is 32.7 Å². The number of aromatic nitrogens is 3. The molecule has 9 aromatic carbocycles. The molecular formula is C68H30N12. The van der Waals surface area contributed by atoms with Crippen LogP contribution in [0.2, 0.25) is 0 Å². The van der Waals surface area contributed by atoms with Crippen LogP contribution >= 0.6 is 0 Å². The van der Waals surface area contributed by atoms with E-state index in [2.05, 4.69) is 59.2 Å². The standard InChI is InChI=1S/C68H30N12/c69-30-40-13-41(31-70)18-53(17-40)48-5-9-63-58(25-48)59-26-49(54-19-42(32-71)14-43(20-54)33-72)6-10-64(59)79(63)67-39-78-68(29-62(67)57-4-2-1-3-52(57)38-77)80-65-11-7-50(55-21-44(34-73)15-45(22-55)35-74)27-60(65)61-28-51(8-12-66(61)80)56-23-46(36-75)16-47(24-56)37-76/h1-29,39H. The van der Waals surface area contributed by atoms with Crippen LogP contribution in [-0.4, -0.2) is 14.1 Å². The van der Waals surface area contributed by atoms with Gasteiger partial charge in [0.1, 0.15) is 5.82 Å². The lowest BCUT2D eigenvalue weighted by Crippen LogP contribution is -2.04. The molecule has 0 aliphatic carbocycles. The fourth-order valence-corrected chi connectivity index (χ4v) is 10.7. The second-order valence-electron chi connectivity index (χ2n) is 18.9. The average molecular weight is 1020 g/mol. The fraction of sp³-hybridized carbons (Fsp3) is 0. The zero-order valence-electron chi connectivity index (χ0n) is 41.7. The van der Waals surface area contributed by atoms with Crippen molar-refractivity contribution in [3.63, 3.8) is 0 Å². The first-order valence-corrected chi connectivity index (χ1v) is 24.7. The topological polar surface area (TPSA) is 237 Å². The summed E-state index contributed by atoms with van der Waals surface area (Å²) in [4.78, 5) is 5.28. The molecule has 0 aliphatic rings. The monoisotopic (exact) mass is 1010 g/mol. The van der Waals surface area contributed by atoms with Gasteiger partial charge >= 0.3 is 0 Å². The quantitative estimate of drug-likeness (QED) is 0.146. The molecule has 0 bridgehead atoms. The normalized spacial score (nSPS) is 10.6. The van der Waals surface area contributed by atoms with E-state index in [0.29, 0.717) is 95.0 Å². The van der Waals surface area contributed by atoms with E-state index < -0.39 is 0 Å². The minimum Gasteiger partial charge on any atom is -0.307 e. The number of nitrogens with zero attached hydrogens (tertiary/aromatic N) is 12. The summed E-state index contributed by atoms with van der Waals surface area (Å²) in [6, 6.07) is 72.9. The molecule has 0 atom stereocenters. The molecule has 0 unspecified atom stereocenters. The van der Waals surface area contributed by atoms with Crippen molar-refractivity contribution in [2.24, 2.45) is 0 Å². The first-order valence-electron chi connectivity index (χ1n) is 24.7. The Morgan fingerprint density at radius 1 is 0.275 bits per heavy atom. The zero-order valence-corrected chi connectivity index (χ0v) is 41.7. The van der Waals surface area contributed by atoms with Crippen LogP contribution in [0.5, 0.6) is 0 Å². The van der Waals surface area contributed by atoms with Gasteiger partial charge in [0.05, 0.1) is 139 Å². The Morgan fingerprint density at radius 2 is 0.588 bits per heavy atom. The molecule has 0 saturated carbocycles. The smallest absolute Gasteiger partial charge is 0.138 e. The predicted molar refractivity (Wildman–Crippen MR) is 303 cm³/mol. The molecule has 12 heteroatoms. The highest BCUT2D eigenvalue weighted by Crippen LogP contribution is 2.43. The highest BCUT2D eigenvalue weighted by atomic mass is 15.1. The van der Waals surface area contributed by atoms with Gasteiger partial charge in [0.25, 0.3) is 0 Å². The molecule has 0 fully saturated rings. The molecule has 3 heterocycles. The molecule has 0 radical (unpaired) electrons. The van der Waals surface area contributed by atoms with Crippen LogP contribution in [0.3, 0.4) is 0 Å². The Kier molecular flexibility index (Phi) is 11.7. The lowest BCUT2D eigenvalue weighted by molar-refractivity contribution is 1.06. The summed E-state index contributed by atoms with van der Waals surface area (Å²) < 4.78 is 4.14.